The predicted octanol–water partition coefficient (Wildman–Crippen LogP) is 1.57. The van der Waals surface area contributed by atoms with Crippen LogP contribution in [0.4, 0.5) is 10.1 Å². The second-order valence-corrected chi connectivity index (χ2v) is 3.50. The van der Waals surface area contributed by atoms with Crippen molar-refractivity contribution in [2.75, 3.05) is 24.5 Å². The van der Waals surface area contributed by atoms with Crippen LogP contribution in [-0.4, -0.2) is 25.5 Å². The van der Waals surface area contributed by atoms with Crippen LogP contribution in [-0.2, 0) is 4.79 Å². The Bertz CT molecular complexity index is 373. The van der Waals surface area contributed by atoms with Gasteiger partial charge in [-0.2, -0.15) is 0 Å². The smallest absolute Gasteiger partial charge is 0.228 e. The standard InChI is InChI=1S/C11H13FN2O.ClH/c12-9-3-1-2-4-10(9)14-8-7-13-6-5-11(14)15;/h1-4,13H,5-8H2;1H. The van der Waals surface area contributed by atoms with E-state index in [-0.39, 0.29) is 24.1 Å². The van der Waals surface area contributed by atoms with Gasteiger partial charge in [-0.05, 0) is 12.1 Å². The topological polar surface area (TPSA) is 32.3 Å². The molecule has 0 saturated carbocycles. The van der Waals surface area contributed by atoms with E-state index >= 15 is 0 Å². The van der Waals surface area contributed by atoms with Crippen molar-refractivity contribution in [2.24, 2.45) is 0 Å². The molecule has 0 radical (unpaired) electrons. The molecule has 1 aliphatic rings. The summed E-state index contributed by atoms with van der Waals surface area (Å²) in [4.78, 5) is 13.2. The van der Waals surface area contributed by atoms with Crippen molar-refractivity contribution in [1.82, 2.24) is 5.32 Å². The molecule has 0 unspecified atom stereocenters. The maximum atomic E-state index is 13.5. The average Bonchev–Trinajstić information content (AvgIpc) is 2.44. The van der Waals surface area contributed by atoms with Crippen molar-refractivity contribution in [3.05, 3.63) is 30.1 Å². The number of carbonyl (C=O) groups is 1. The molecule has 1 amide bonds. The number of hydrogen-bond donors (Lipinski definition) is 1. The van der Waals surface area contributed by atoms with Crippen LogP contribution in [0, 0.1) is 5.82 Å². The van der Waals surface area contributed by atoms with E-state index in [1.165, 1.54) is 11.0 Å². The summed E-state index contributed by atoms with van der Waals surface area (Å²) < 4.78 is 13.5. The maximum absolute atomic E-state index is 13.5. The van der Waals surface area contributed by atoms with E-state index in [2.05, 4.69) is 5.32 Å². The van der Waals surface area contributed by atoms with Gasteiger partial charge in [-0.1, -0.05) is 12.1 Å². The van der Waals surface area contributed by atoms with Gasteiger partial charge < -0.3 is 10.2 Å². The second-order valence-electron chi connectivity index (χ2n) is 3.50. The molecule has 5 heteroatoms. The lowest BCUT2D eigenvalue weighted by atomic mass is 10.2. The van der Waals surface area contributed by atoms with E-state index in [4.69, 9.17) is 0 Å². The number of rotatable bonds is 1. The number of anilines is 1. The van der Waals surface area contributed by atoms with Crippen molar-refractivity contribution in [2.45, 2.75) is 6.42 Å². The lowest BCUT2D eigenvalue weighted by molar-refractivity contribution is -0.118. The molecule has 1 aliphatic heterocycles. The molecule has 1 heterocycles. The molecule has 16 heavy (non-hydrogen) atoms. The summed E-state index contributed by atoms with van der Waals surface area (Å²) in [6.07, 6.45) is 0.425. The second kappa shape index (κ2) is 5.82. The highest BCUT2D eigenvalue weighted by Crippen LogP contribution is 2.19. The summed E-state index contributed by atoms with van der Waals surface area (Å²) in [7, 11) is 0. The van der Waals surface area contributed by atoms with Crippen LogP contribution in [0.5, 0.6) is 0 Å². The molecule has 0 aliphatic carbocycles. The summed E-state index contributed by atoms with van der Waals surface area (Å²) in [5, 5.41) is 3.11. The number of benzene rings is 1. The normalized spacial score (nSPS) is 16.6. The monoisotopic (exact) mass is 244 g/mol. The highest BCUT2D eigenvalue weighted by atomic mass is 35.5. The van der Waals surface area contributed by atoms with E-state index in [9.17, 15) is 9.18 Å². The molecule has 0 aromatic heterocycles. The molecule has 1 aromatic carbocycles. The third-order valence-corrected chi connectivity index (χ3v) is 2.47. The van der Waals surface area contributed by atoms with Crippen LogP contribution in [0.15, 0.2) is 24.3 Å². The number of para-hydroxylation sites is 1. The van der Waals surface area contributed by atoms with Gasteiger partial charge in [0, 0.05) is 26.1 Å². The third-order valence-electron chi connectivity index (χ3n) is 2.47. The van der Waals surface area contributed by atoms with Gasteiger partial charge in [0.25, 0.3) is 0 Å². The van der Waals surface area contributed by atoms with Crippen molar-refractivity contribution >= 4 is 24.0 Å². The van der Waals surface area contributed by atoms with Gasteiger partial charge in [0.15, 0.2) is 0 Å². The Morgan fingerprint density at radius 2 is 2.00 bits per heavy atom. The number of hydrogen-bond acceptors (Lipinski definition) is 2. The molecule has 3 nitrogen and oxygen atoms in total. The molecular formula is C11H14ClFN2O. The van der Waals surface area contributed by atoms with Crippen LogP contribution >= 0.6 is 12.4 Å². The van der Waals surface area contributed by atoms with E-state index in [1.54, 1.807) is 18.2 Å². The number of amides is 1. The van der Waals surface area contributed by atoms with Crippen LogP contribution in [0.1, 0.15) is 6.42 Å². The quantitative estimate of drug-likeness (QED) is 0.814. The zero-order valence-corrected chi connectivity index (χ0v) is 9.60. The zero-order valence-electron chi connectivity index (χ0n) is 8.78. The molecule has 0 spiro atoms. The van der Waals surface area contributed by atoms with Crippen LogP contribution in [0.3, 0.4) is 0 Å². The highest BCUT2D eigenvalue weighted by molar-refractivity contribution is 5.93. The first-order chi connectivity index (χ1) is 7.29. The Balaban J connectivity index is 0.00000128. The SMILES string of the molecule is Cl.O=C1CCNCCN1c1ccccc1F. The number of nitrogens with one attached hydrogen (secondary N) is 1. The number of halogens is 2. The Morgan fingerprint density at radius 1 is 1.25 bits per heavy atom. The summed E-state index contributed by atoms with van der Waals surface area (Å²) in [6, 6.07) is 6.38. The lowest BCUT2D eigenvalue weighted by Gasteiger charge is -2.20. The van der Waals surface area contributed by atoms with E-state index < -0.39 is 0 Å². The largest absolute Gasteiger partial charge is 0.314 e. The molecular weight excluding hydrogens is 231 g/mol. The van der Waals surface area contributed by atoms with Gasteiger partial charge in [0.1, 0.15) is 5.82 Å². The zero-order chi connectivity index (χ0) is 10.7. The molecule has 1 saturated heterocycles. The number of carbonyl (C=O) groups excluding carboxylic acids is 1. The fourth-order valence-electron chi connectivity index (χ4n) is 1.70. The molecule has 0 atom stereocenters. The maximum Gasteiger partial charge on any atom is 0.228 e. The summed E-state index contributed by atoms with van der Waals surface area (Å²) in [6.45, 7) is 1.91. The highest BCUT2D eigenvalue weighted by Gasteiger charge is 2.19. The Hall–Kier alpha value is -1.13. The molecule has 2 rings (SSSR count). The summed E-state index contributed by atoms with van der Waals surface area (Å²) in [5.41, 5.74) is 0.381. The fourth-order valence-corrected chi connectivity index (χ4v) is 1.70. The summed E-state index contributed by atoms with van der Waals surface area (Å²) >= 11 is 0. The molecule has 1 aromatic rings. The molecule has 0 bridgehead atoms. The van der Waals surface area contributed by atoms with Gasteiger partial charge in [0.05, 0.1) is 5.69 Å². The van der Waals surface area contributed by atoms with Crippen LogP contribution in [0.2, 0.25) is 0 Å². The van der Waals surface area contributed by atoms with Gasteiger partial charge in [0.2, 0.25) is 5.91 Å². The fraction of sp³-hybridized carbons (Fsp3) is 0.364. The first kappa shape index (κ1) is 12.9. The van der Waals surface area contributed by atoms with Crippen molar-refractivity contribution in [1.29, 1.82) is 0 Å². The first-order valence-electron chi connectivity index (χ1n) is 5.04. The minimum atomic E-state index is -0.340. The number of nitrogens with zero attached hydrogens (tertiary/aromatic N) is 1. The lowest BCUT2D eigenvalue weighted by Crippen LogP contribution is -2.32. The summed E-state index contributed by atoms with van der Waals surface area (Å²) in [5.74, 6) is -0.363. The van der Waals surface area contributed by atoms with Crippen molar-refractivity contribution in [3.63, 3.8) is 0 Å². The van der Waals surface area contributed by atoms with Crippen molar-refractivity contribution < 1.29 is 9.18 Å². The van der Waals surface area contributed by atoms with Crippen LogP contribution in [0.25, 0.3) is 0 Å². The third kappa shape index (κ3) is 2.71. The Labute approximate surface area is 100 Å². The molecule has 1 N–H and O–H groups in total. The predicted molar refractivity (Wildman–Crippen MR) is 63.5 cm³/mol. The van der Waals surface area contributed by atoms with Gasteiger partial charge >= 0.3 is 0 Å². The van der Waals surface area contributed by atoms with Crippen LogP contribution < -0.4 is 10.2 Å². The van der Waals surface area contributed by atoms with Gasteiger partial charge in [-0.15, -0.1) is 12.4 Å². The molecule has 88 valence electrons. The van der Waals surface area contributed by atoms with Crippen molar-refractivity contribution in [3.8, 4) is 0 Å². The minimum absolute atomic E-state index is 0. The van der Waals surface area contributed by atoms with Gasteiger partial charge in [-0.25, -0.2) is 4.39 Å². The first-order valence-corrected chi connectivity index (χ1v) is 5.04. The van der Waals surface area contributed by atoms with E-state index in [1.807, 2.05) is 0 Å². The van der Waals surface area contributed by atoms with E-state index in [0.29, 0.717) is 31.7 Å². The Kier molecular flexibility index (Phi) is 4.71. The minimum Gasteiger partial charge on any atom is -0.314 e. The van der Waals surface area contributed by atoms with E-state index in [0.717, 1.165) is 0 Å². The Morgan fingerprint density at radius 3 is 2.75 bits per heavy atom. The average molecular weight is 245 g/mol. The molecule has 1 fully saturated rings. The van der Waals surface area contributed by atoms with Gasteiger partial charge in [-0.3, -0.25) is 4.79 Å².